The van der Waals surface area contributed by atoms with E-state index in [-0.39, 0.29) is 11.6 Å². The molecule has 0 saturated heterocycles. The van der Waals surface area contributed by atoms with E-state index < -0.39 is 11.0 Å². The van der Waals surface area contributed by atoms with Crippen molar-refractivity contribution in [3.05, 3.63) is 87.5 Å². The van der Waals surface area contributed by atoms with Gasteiger partial charge in [0.05, 0.1) is 11.0 Å². The number of nitro groups is 1. The summed E-state index contributed by atoms with van der Waals surface area (Å²) < 4.78 is 0. The molecule has 0 saturated carbocycles. The van der Waals surface area contributed by atoms with E-state index in [2.05, 4.69) is 19.9 Å². The van der Waals surface area contributed by atoms with Crippen molar-refractivity contribution >= 4 is 5.69 Å². The number of aliphatic hydroxyl groups is 1. The number of aliphatic hydroxyl groups excluding tert-OH is 1. The Bertz CT molecular complexity index is 687. The molecule has 0 heterocycles. The Morgan fingerprint density at radius 1 is 1.04 bits per heavy atom. The van der Waals surface area contributed by atoms with Crippen LogP contribution in [0.1, 0.15) is 49.8 Å². The van der Waals surface area contributed by atoms with Gasteiger partial charge in [-0.25, -0.2) is 0 Å². The molecule has 126 valence electrons. The highest BCUT2D eigenvalue weighted by Gasteiger charge is 2.21. The minimum Gasteiger partial charge on any atom is -0.387 e. The molecule has 0 aliphatic rings. The zero-order valence-electron chi connectivity index (χ0n) is 14.1. The van der Waals surface area contributed by atoms with Crippen molar-refractivity contribution in [3.8, 4) is 0 Å². The number of nitro benzene ring substituents is 1. The Kier molecular flexibility index (Phi) is 6.27. The SMILES string of the molecule is CCC(=CC(c1ccccc1)C(O)c1ccc([N+](=O)[O-])cc1)CC. The Morgan fingerprint density at radius 3 is 2.12 bits per heavy atom. The van der Waals surface area contributed by atoms with Crippen LogP contribution < -0.4 is 0 Å². The number of nitrogens with zero attached hydrogens (tertiary/aromatic N) is 1. The van der Waals surface area contributed by atoms with Crippen molar-refractivity contribution < 1.29 is 10.0 Å². The van der Waals surface area contributed by atoms with Gasteiger partial charge in [-0.2, -0.15) is 0 Å². The molecule has 0 aliphatic carbocycles. The lowest BCUT2D eigenvalue weighted by atomic mass is 9.86. The normalized spacial score (nSPS) is 13.1. The van der Waals surface area contributed by atoms with Crippen LogP contribution in [0.3, 0.4) is 0 Å². The predicted molar refractivity (Wildman–Crippen MR) is 95.9 cm³/mol. The number of allylic oxidation sites excluding steroid dienone is 1. The molecule has 0 radical (unpaired) electrons. The van der Waals surface area contributed by atoms with Crippen molar-refractivity contribution in [1.82, 2.24) is 0 Å². The molecule has 4 heteroatoms. The lowest BCUT2D eigenvalue weighted by Crippen LogP contribution is -2.10. The molecule has 0 spiro atoms. The van der Waals surface area contributed by atoms with Crippen LogP contribution in [0, 0.1) is 10.1 Å². The summed E-state index contributed by atoms with van der Waals surface area (Å²) in [6.45, 7) is 4.21. The summed E-state index contributed by atoms with van der Waals surface area (Å²) in [6, 6.07) is 16.0. The summed E-state index contributed by atoms with van der Waals surface area (Å²) >= 11 is 0. The van der Waals surface area contributed by atoms with Crippen LogP contribution in [-0.4, -0.2) is 10.0 Å². The highest BCUT2D eigenvalue weighted by Crippen LogP contribution is 2.34. The van der Waals surface area contributed by atoms with Crippen molar-refractivity contribution in [2.45, 2.75) is 38.7 Å². The zero-order valence-corrected chi connectivity index (χ0v) is 14.1. The topological polar surface area (TPSA) is 63.4 Å². The van der Waals surface area contributed by atoms with Gasteiger partial charge < -0.3 is 5.11 Å². The molecule has 0 fully saturated rings. The maximum Gasteiger partial charge on any atom is 0.269 e. The molecule has 2 atom stereocenters. The van der Waals surface area contributed by atoms with Gasteiger partial charge in [-0.1, -0.05) is 55.8 Å². The first-order valence-electron chi connectivity index (χ1n) is 8.23. The van der Waals surface area contributed by atoms with Crippen LogP contribution in [0.5, 0.6) is 0 Å². The summed E-state index contributed by atoms with van der Waals surface area (Å²) in [7, 11) is 0. The fourth-order valence-corrected chi connectivity index (χ4v) is 2.79. The first-order chi connectivity index (χ1) is 11.6. The third-order valence-corrected chi connectivity index (χ3v) is 4.29. The maximum absolute atomic E-state index is 10.9. The van der Waals surface area contributed by atoms with Crippen molar-refractivity contribution in [2.75, 3.05) is 0 Å². The largest absolute Gasteiger partial charge is 0.387 e. The van der Waals surface area contributed by atoms with Crippen molar-refractivity contribution in [1.29, 1.82) is 0 Å². The quantitative estimate of drug-likeness (QED) is 0.434. The molecule has 0 bridgehead atoms. The predicted octanol–water partition coefficient (Wildman–Crippen LogP) is 5.16. The van der Waals surface area contributed by atoms with E-state index in [0.29, 0.717) is 5.56 Å². The Hall–Kier alpha value is -2.46. The standard InChI is InChI=1S/C20H23NO3/c1-3-15(4-2)14-19(16-8-6-5-7-9-16)20(22)17-10-12-18(13-11-17)21(23)24/h5-14,19-20,22H,3-4H2,1-2H3. The van der Waals surface area contributed by atoms with Gasteiger partial charge in [0.25, 0.3) is 5.69 Å². The average molecular weight is 325 g/mol. The maximum atomic E-state index is 10.9. The molecule has 4 nitrogen and oxygen atoms in total. The van der Waals surface area contributed by atoms with Crippen molar-refractivity contribution in [2.24, 2.45) is 0 Å². The molecular weight excluding hydrogens is 302 g/mol. The summed E-state index contributed by atoms with van der Waals surface area (Å²) in [6.07, 6.45) is 3.25. The van der Waals surface area contributed by atoms with E-state index in [1.165, 1.54) is 17.7 Å². The fourth-order valence-electron chi connectivity index (χ4n) is 2.79. The highest BCUT2D eigenvalue weighted by atomic mass is 16.6. The minimum atomic E-state index is -0.749. The third kappa shape index (κ3) is 4.30. The number of hydrogen-bond acceptors (Lipinski definition) is 3. The second-order valence-electron chi connectivity index (χ2n) is 5.76. The lowest BCUT2D eigenvalue weighted by Gasteiger charge is -2.22. The first-order valence-corrected chi connectivity index (χ1v) is 8.23. The Labute approximate surface area is 142 Å². The van der Waals surface area contributed by atoms with Crippen LogP contribution in [0.25, 0.3) is 0 Å². The van der Waals surface area contributed by atoms with E-state index in [9.17, 15) is 15.2 Å². The number of non-ortho nitro benzene ring substituents is 1. The molecule has 2 rings (SSSR count). The Balaban J connectivity index is 2.38. The number of rotatable bonds is 7. The summed E-state index contributed by atoms with van der Waals surface area (Å²) in [5.41, 5.74) is 3.02. The van der Waals surface area contributed by atoms with Gasteiger partial charge in [-0.3, -0.25) is 10.1 Å². The summed E-state index contributed by atoms with van der Waals surface area (Å²) in [5.74, 6) is -0.178. The smallest absolute Gasteiger partial charge is 0.269 e. The molecule has 0 aromatic heterocycles. The number of hydrogen-bond donors (Lipinski definition) is 1. The second kappa shape index (κ2) is 8.41. The van der Waals surface area contributed by atoms with Crippen LogP contribution >= 0.6 is 0 Å². The molecule has 2 aromatic carbocycles. The number of benzene rings is 2. The van der Waals surface area contributed by atoms with Gasteiger partial charge in [0.2, 0.25) is 0 Å². The van der Waals surface area contributed by atoms with Crippen molar-refractivity contribution in [3.63, 3.8) is 0 Å². The monoisotopic (exact) mass is 325 g/mol. The van der Waals surface area contributed by atoms with Crippen LogP contribution in [0.2, 0.25) is 0 Å². The molecule has 24 heavy (non-hydrogen) atoms. The van der Waals surface area contributed by atoms with E-state index in [1.54, 1.807) is 12.1 Å². The molecule has 2 aromatic rings. The van der Waals surface area contributed by atoms with Gasteiger partial charge in [-0.15, -0.1) is 0 Å². The molecular formula is C20H23NO3. The van der Waals surface area contributed by atoms with Gasteiger partial charge in [0.1, 0.15) is 0 Å². The van der Waals surface area contributed by atoms with Crippen LogP contribution in [0.15, 0.2) is 66.2 Å². The highest BCUT2D eigenvalue weighted by molar-refractivity contribution is 5.37. The fraction of sp³-hybridized carbons (Fsp3) is 0.300. The summed E-state index contributed by atoms with van der Waals surface area (Å²) in [4.78, 5) is 10.4. The first kappa shape index (κ1) is 17.9. The molecule has 2 unspecified atom stereocenters. The minimum absolute atomic E-state index is 0.0283. The lowest BCUT2D eigenvalue weighted by molar-refractivity contribution is -0.384. The third-order valence-electron chi connectivity index (χ3n) is 4.29. The van der Waals surface area contributed by atoms with Gasteiger partial charge in [-0.05, 0) is 36.1 Å². The van der Waals surface area contributed by atoms with Crippen LogP contribution in [-0.2, 0) is 0 Å². The van der Waals surface area contributed by atoms with E-state index >= 15 is 0 Å². The Morgan fingerprint density at radius 2 is 1.62 bits per heavy atom. The van der Waals surface area contributed by atoms with E-state index in [0.717, 1.165) is 18.4 Å². The molecule has 1 N–H and O–H groups in total. The van der Waals surface area contributed by atoms with E-state index in [4.69, 9.17) is 0 Å². The van der Waals surface area contributed by atoms with Gasteiger partial charge in [0, 0.05) is 18.1 Å². The van der Waals surface area contributed by atoms with Gasteiger partial charge >= 0.3 is 0 Å². The van der Waals surface area contributed by atoms with Gasteiger partial charge in [0.15, 0.2) is 0 Å². The second-order valence-corrected chi connectivity index (χ2v) is 5.76. The molecule has 0 aliphatic heterocycles. The zero-order chi connectivity index (χ0) is 17.5. The van der Waals surface area contributed by atoms with Crippen LogP contribution in [0.4, 0.5) is 5.69 Å². The average Bonchev–Trinajstić information content (AvgIpc) is 2.63. The summed E-state index contributed by atoms with van der Waals surface area (Å²) in [5, 5.41) is 21.7. The molecule has 0 amide bonds. The van der Waals surface area contributed by atoms with E-state index in [1.807, 2.05) is 30.3 Å².